The molecule has 0 aromatic rings. The Kier molecular flexibility index (Phi) is 4.51. The second-order valence-electron chi connectivity index (χ2n) is 4.54. The minimum Gasteiger partial charge on any atom is -0.480 e. The molecule has 1 aliphatic heterocycles. The maximum atomic E-state index is 11.9. The zero-order valence-corrected chi connectivity index (χ0v) is 11.3. The second-order valence-corrected chi connectivity index (χ2v) is 7.03. The van der Waals surface area contributed by atoms with Crippen LogP contribution in [0.3, 0.4) is 0 Å². The van der Waals surface area contributed by atoms with Crippen LogP contribution >= 0.6 is 0 Å². The Labute approximate surface area is 102 Å². The Morgan fingerprint density at radius 3 is 1.94 bits per heavy atom. The van der Waals surface area contributed by atoms with Gasteiger partial charge >= 0.3 is 5.97 Å². The summed E-state index contributed by atoms with van der Waals surface area (Å²) in [5.41, 5.74) is 0. The second kappa shape index (κ2) is 5.32. The minimum absolute atomic E-state index is 0.373. The van der Waals surface area contributed by atoms with Gasteiger partial charge in [-0.2, -0.15) is 4.31 Å². The van der Waals surface area contributed by atoms with Crippen molar-refractivity contribution in [1.82, 2.24) is 9.21 Å². The number of piperazine rings is 1. The highest BCUT2D eigenvalue weighted by Gasteiger charge is 2.32. The molecule has 6 nitrogen and oxygen atoms in total. The molecule has 0 amide bonds. The van der Waals surface area contributed by atoms with Crippen LogP contribution in [0.5, 0.6) is 0 Å². The molecule has 0 aliphatic carbocycles. The van der Waals surface area contributed by atoms with Crippen LogP contribution in [0, 0.1) is 0 Å². The van der Waals surface area contributed by atoms with Crippen molar-refractivity contribution >= 4 is 16.0 Å². The van der Waals surface area contributed by atoms with Gasteiger partial charge in [0.25, 0.3) is 0 Å². The van der Waals surface area contributed by atoms with Crippen LogP contribution < -0.4 is 0 Å². The molecule has 1 heterocycles. The third kappa shape index (κ3) is 3.17. The Balaban J connectivity index is 2.60. The van der Waals surface area contributed by atoms with Gasteiger partial charge in [-0.3, -0.25) is 9.69 Å². The predicted molar refractivity (Wildman–Crippen MR) is 64.3 cm³/mol. The molecule has 0 bridgehead atoms. The first kappa shape index (κ1) is 14.4. The standard InChI is InChI=1S/C10H20N2O4S/c1-8(2)17(15,16)12-6-4-11(5-7-12)9(3)10(13)14/h8-9H,4-7H2,1-3H3,(H,13,14)/t9-/m0/s1. The third-order valence-corrected chi connectivity index (χ3v) is 5.41. The predicted octanol–water partition coefficient (Wildman–Crippen LogP) is -0.185. The van der Waals surface area contributed by atoms with E-state index in [1.54, 1.807) is 25.7 Å². The van der Waals surface area contributed by atoms with E-state index in [1.165, 1.54) is 4.31 Å². The summed E-state index contributed by atoms with van der Waals surface area (Å²) in [6, 6.07) is -0.557. The number of rotatable bonds is 4. The summed E-state index contributed by atoms with van der Waals surface area (Å²) in [5.74, 6) is -0.870. The Morgan fingerprint density at radius 2 is 1.59 bits per heavy atom. The molecule has 0 unspecified atom stereocenters. The fourth-order valence-electron chi connectivity index (χ4n) is 1.80. The molecule has 7 heteroatoms. The molecule has 17 heavy (non-hydrogen) atoms. The fraction of sp³-hybridized carbons (Fsp3) is 0.900. The van der Waals surface area contributed by atoms with Crippen LogP contribution in [-0.4, -0.2) is 66.2 Å². The van der Waals surface area contributed by atoms with Crippen LogP contribution in [0.15, 0.2) is 0 Å². The van der Waals surface area contributed by atoms with Gasteiger partial charge in [-0.25, -0.2) is 8.42 Å². The summed E-state index contributed by atoms with van der Waals surface area (Å²) >= 11 is 0. The molecule has 1 atom stereocenters. The number of nitrogens with zero attached hydrogens (tertiary/aromatic N) is 2. The SMILES string of the molecule is CC(C)S(=O)(=O)N1CCN([C@@H](C)C(=O)O)CC1. The topological polar surface area (TPSA) is 77.9 Å². The van der Waals surface area contributed by atoms with Crippen molar-refractivity contribution in [2.24, 2.45) is 0 Å². The Morgan fingerprint density at radius 1 is 1.12 bits per heavy atom. The van der Waals surface area contributed by atoms with Gasteiger partial charge in [-0.1, -0.05) is 0 Å². The van der Waals surface area contributed by atoms with Gasteiger partial charge in [-0.05, 0) is 20.8 Å². The van der Waals surface area contributed by atoms with E-state index < -0.39 is 27.3 Å². The third-order valence-electron chi connectivity index (χ3n) is 3.13. The van der Waals surface area contributed by atoms with Crippen molar-refractivity contribution in [2.75, 3.05) is 26.2 Å². The first-order valence-electron chi connectivity index (χ1n) is 5.72. The summed E-state index contributed by atoms with van der Waals surface area (Å²) in [5, 5.41) is 8.45. The molecule has 100 valence electrons. The van der Waals surface area contributed by atoms with Crippen molar-refractivity contribution in [3.8, 4) is 0 Å². The Bertz CT molecular complexity index is 372. The molecule has 0 spiro atoms. The van der Waals surface area contributed by atoms with E-state index in [0.29, 0.717) is 26.2 Å². The van der Waals surface area contributed by atoms with Crippen molar-refractivity contribution in [3.05, 3.63) is 0 Å². The summed E-state index contributed by atoms with van der Waals surface area (Å²) in [4.78, 5) is 12.6. The number of aliphatic carboxylic acids is 1. The van der Waals surface area contributed by atoms with E-state index in [4.69, 9.17) is 5.11 Å². The number of hydrogen-bond donors (Lipinski definition) is 1. The van der Waals surface area contributed by atoms with Crippen LogP contribution in [0.1, 0.15) is 20.8 Å². The highest BCUT2D eigenvalue weighted by atomic mass is 32.2. The zero-order chi connectivity index (χ0) is 13.2. The van der Waals surface area contributed by atoms with Crippen molar-refractivity contribution in [2.45, 2.75) is 32.1 Å². The van der Waals surface area contributed by atoms with Crippen molar-refractivity contribution in [1.29, 1.82) is 0 Å². The summed E-state index contributed by atoms with van der Waals surface area (Å²) in [6.45, 7) is 6.62. The maximum Gasteiger partial charge on any atom is 0.320 e. The van der Waals surface area contributed by atoms with E-state index >= 15 is 0 Å². The lowest BCUT2D eigenvalue weighted by atomic mass is 10.2. The lowest BCUT2D eigenvalue weighted by Crippen LogP contribution is -2.54. The molecule has 1 rings (SSSR count). The quantitative estimate of drug-likeness (QED) is 0.762. The van der Waals surface area contributed by atoms with Gasteiger partial charge in [0.2, 0.25) is 10.0 Å². The molecule has 0 radical (unpaired) electrons. The summed E-state index contributed by atoms with van der Waals surface area (Å²) in [7, 11) is -3.21. The average Bonchev–Trinajstić information content (AvgIpc) is 2.27. The monoisotopic (exact) mass is 264 g/mol. The number of hydrogen-bond acceptors (Lipinski definition) is 4. The first-order valence-corrected chi connectivity index (χ1v) is 7.23. The summed E-state index contributed by atoms with van der Waals surface area (Å²) in [6.07, 6.45) is 0. The molecule has 1 aliphatic rings. The van der Waals surface area contributed by atoms with Gasteiger partial charge in [-0.15, -0.1) is 0 Å². The smallest absolute Gasteiger partial charge is 0.320 e. The van der Waals surface area contributed by atoms with Crippen LogP contribution in [0.2, 0.25) is 0 Å². The average molecular weight is 264 g/mol. The van der Waals surface area contributed by atoms with Gasteiger partial charge in [0, 0.05) is 26.2 Å². The molecule has 0 aromatic heterocycles. The van der Waals surface area contributed by atoms with Gasteiger partial charge < -0.3 is 5.11 Å². The molecule has 1 N–H and O–H groups in total. The van der Waals surface area contributed by atoms with Crippen molar-refractivity contribution in [3.63, 3.8) is 0 Å². The van der Waals surface area contributed by atoms with Gasteiger partial charge in [0.1, 0.15) is 6.04 Å². The number of sulfonamides is 1. The molecule has 1 saturated heterocycles. The Hall–Kier alpha value is -0.660. The molecule has 0 saturated carbocycles. The lowest BCUT2D eigenvalue weighted by Gasteiger charge is -2.36. The van der Waals surface area contributed by atoms with Crippen LogP contribution in [0.4, 0.5) is 0 Å². The summed E-state index contributed by atoms with van der Waals surface area (Å²) < 4.78 is 25.2. The van der Waals surface area contributed by atoms with Gasteiger partial charge in [0.05, 0.1) is 5.25 Å². The fourth-order valence-corrected chi connectivity index (χ4v) is 3.07. The molecule has 1 fully saturated rings. The largest absolute Gasteiger partial charge is 0.480 e. The van der Waals surface area contributed by atoms with E-state index in [2.05, 4.69) is 0 Å². The number of carboxylic acids is 1. The zero-order valence-electron chi connectivity index (χ0n) is 10.5. The van der Waals surface area contributed by atoms with Crippen LogP contribution in [0.25, 0.3) is 0 Å². The van der Waals surface area contributed by atoms with E-state index in [1.807, 2.05) is 0 Å². The highest BCUT2D eigenvalue weighted by Crippen LogP contribution is 2.13. The molecular formula is C10H20N2O4S. The minimum atomic E-state index is -3.21. The van der Waals surface area contributed by atoms with E-state index in [9.17, 15) is 13.2 Å². The highest BCUT2D eigenvalue weighted by molar-refractivity contribution is 7.89. The van der Waals surface area contributed by atoms with E-state index in [-0.39, 0.29) is 0 Å². The lowest BCUT2D eigenvalue weighted by molar-refractivity contribution is -0.143. The van der Waals surface area contributed by atoms with Crippen LogP contribution in [-0.2, 0) is 14.8 Å². The molecule has 0 aromatic carbocycles. The van der Waals surface area contributed by atoms with Gasteiger partial charge in [0.15, 0.2) is 0 Å². The van der Waals surface area contributed by atoms with Crippen molar-refractivity contribution < 1.29 is 18.3 Å². The first-order chi connectivity index (χ1) is 7.76. The maximum absolute atomic E-state index is 11.9. The normalized spacial score (nSPS) is 21.6. The number of carbonyl (C=O) groups is 1. The van der Waals surface area contributed by atoms with E-state index in [0.717, 1.165) is 0 Å². The molecular weight excluding hydrogens is 244 g/mol. The number of carboxylic acid groups (broad SMARTS) is 1.